The minimum atomic E-state index is -0.421. The lowest BCUT2D eigenvalue weighted by Gasteiger charge is -2.10. The molecule has 1 fully saturated rings. The molecule has 0 atom stereocenters. The van der Waals surface area contributed by atoms with Crippen molar-refractivity contribution < 1.29 is 14.7 Å². The lowest BCUT2D eigenvalue weighted by Crippen LogP contribution is -2.35. The quantitative estimate of drug-likeness (QED) is 0.403. The van der Waals surface area contributed by atoms with Gasteiger partial charge in [-0.1, -0.05) is 11.6 Å². The number of phenolic OH excluding ortho intramolecular Hbond substituents is 1. The Kier molecular flexibility index (Phi) is 5.65. The normalized spacial score (nSPS) is 13.3. The van der Waals surface area contributed by atoms with Crippen LogP contribution in [0, 0.1) is 0 Å². The third-order valence-corrected chi connectivity index (χ3v) is 5.17. The number of hydrogen-bond acceptors (Lipinski definition) is 5. The van der Waals surface area contributed by atoms with E-state index in [0.717, 1.165) is 18.5 Å². The van der Waals surface area contributed by atoms with Gasteiger partial charge in [0.1, 0.15) is 10.9 Å². The van der Waals surface area contributed by atoms with Crippen LogP contribution in [0.3, 0.4) is 0 Å². The number of hydrogen-bond donors (Lipinski definition) is 3. The predicted octanol–water partition coefficient (Wildman–Crippen LogP) is 4.40. The van der Waals surface area contributed by atoms with Gasteiger partial charge in [-0.2, -0.15) is 9.78 Å². The molecule has 2 amide bonds. The largest absolute Gasteiger partial charge is 0.507 e. The summed E-state index contributed by atoms with van der Waals surface area (Å²) in [6.07, 6.45) is 3.49. The number of halogens is 1. The third kappa shape index (κ3) is 4.54. The molecule has 8 nitrogen and oxygen atoms in total. The summed E-state index contributed by atoms with van der Waals surface area (Å²) in [5.74, 6) is -0.152. The highest BCUT2D eigenvalue weighted by atomic mass is 35.5. The molecular formula is C22H22ClN5O3. The van der Waals surface area contributed by atoms with Crippen molar-refractivity contribution in [1.29, 1.82) is 0 Å². The number of aromatic nitrogens is 3. The zero-order chi connectivity index (χ0) is 22.1. The smallest absolute Gasteiger partial charge is 0.342 e. The van der Waals surface area contributed by atoms with Gasteiger partial charge in [0.2, 0.25) is 0 Å². The molecule has 0 bridgehead atoms. The summed E-state index contributed by atoms with van der Waals surface area (Å²) in [5, 5.41) is 20.6. The van der Waals surface area contributed by atoms with E-state index in [1.54, 1.807) is 24.3 Å². The number of nitrogens with one attached hydrogen (secondary N) is 2. The standard InChI is InChI=1S/C22H22ClN5O3/c1-12(2)25-22(31)28-18(13-5-6-13)11-17(27-28)16-10-14(7-8-19(16)29)26-21(30)15-4-3-9-24-20(15)23/h3-4,7-13,29H,5-6H2,1-2H3,(H,25,31)(H,26,30). The fourth-order valence-corrected chi connectivity index (χ4v) is 3.45. The van der Waals surface area contributed by atoms with Crippen molar-refractivity contribution in [2.75, 3.05) is 5.32 Å². The first-order chi connectivity index (χ1) is 14.8. The molecule has 0 saturated heterocycles. The Bertz CT molecular complexity index is 1150. The van der Waals surface area contributed by atoms with E-state index in [1.165, 1.54) is 16.9 Å². The molecule has 0 radical (unpaired) electrons. The van der Waals surface area contributed by atoms with Crippen molar-refractivity contribution in [3.05, 3.63) is 59.0 Å². The summed E-state index contributed by atoms with van der Waals surface area (Å²) in [7, 11) is 0. The molecule has 1 aliphatic rings. The van der Waals surface area contributed by atoms with Crippen LogP contribution in [-0.4, -0.2) is 37.9 Å². The SMILES string of the molecule is CC(C)NC(=O)n1nc(-c2cc(NC(=O)c3cccnc3Cl)ccc2O)cc1C1CC1. The molecule has 0 unspecified atom stereocenters. The van der Waals surface area contributed by atoms with Crippen LogP contribution in [0.2, 0.25) is 5.15 Å². The highest BCUT2D eigenvalue weighted by molar-refractivity contribution is 6.33. The van der Waals surface area contributed by atoms with Crippen LogP contribution in [0.15, 0.2) is 42.6 Å². The van der Waals surface area contributed by atoms with Crippen molar-refractivity contribution in [2.24, 2.45) is 0 Å². The zero-order valence-corrected chi connectivity index (χ0v) is 17.8. The van der Waals surface area contributed by atoms with Crippen LogP contribution in [0.5, 0.6) is 5.75 Å². The Morgan fingerprint density at radius 1 is 1.23 bits per heavy atom. The van der Waals surface area contributed by atoms with E-state index >= 15 is 0 Å². The van der Waals surface area contributed by atoms with Crippen LogP contribution in [-0.2, 0) is 0 Å². The second kappa shape index (κ2) is 8.39. The molecule has 0 spiro atoms. The molecule has 2 aromatic heterocycles. The number of carbonyl (C=O) groups is 2. The monoisotopic (exact) mass is 439 g/mol. The highest BCUT2D eigenvalue weighted by Gasteiger charge is 2.31. The number of anilines is 1. The van der Waals surface area contributed by atoms with Crippen LogP contribution in [0.1, 0.15) is 48.7 Å². The van der Waals surface area contributed by atoms with E-state index in [0.29, 0.717) is 16.9 Å². The van der Waals surface area contributed by atoms with Gasteiger partial charge < -0.3 is 15.7 Å². The van der Waals surface area contributed by atoms with Crippen molar-refractivity contribution in [3.8, 4) is 17.0 Å². The van der Waals surface area contributed by atoms with E-state index in [1.807, 2.05) is 19.9 Å². The topological polar surface area (TPSA) is 109 Å². The Morgan fingerprint density at radius 3 is 2.68 bits per heavy atom. The van der Waals surface area contributed by atoms with E-state index in [2.05, 4.69) is 20.7 Å². The van der Waals surface area contributed by atoms with Gasteiger partial charge in [-0.3, -0.25) is 4.79 Å². The summed E-state index contributed by atoms with van der Waals surface area (Å²) in [4.78, 5) is 29.0. The Labute approximate surface area is 184 Å². The lowest BCUT2D eigenvalue weighted by atomic mass is 10.1. The van der Waals surface area contributed by atoms with Crippen molar-refractivity contribution in [2.45, 2.75) is 38.6 Å². The van der Waals surface area contributed by atoms with Crippen LogP contribution in [0.25, 0.3) is 11.3 Å². The second-order valence-corrected chi connectivity index (χ2v) is 8.13. The van der Waals surface area contributed by atoms with Crippen molar-refractivity contribution in [1.82, 2.24) is 20.1 Å². The number of aromatic hydroxyl groups is 1. The number of phenols is 1. The number of pyridine rings is 1. The maximum absolute atomic E-state index is 12.6. The summed E-state index contributed by atoms with van der Waals surface area (Å²) >= 11 is 6.00. The molecule has 160 valence electrons. The fourth-order valence-electron chi connectivity index (χ4n) is 3.24. The minimum Gasteiger partial charge on any atom is -0.507 e. The van der Waals surface area contributed by atoms with Crippen molar-refractivity contribution >= 4 is 29.2 Å². The molecule has 1 aliphatic carbocycles. The lowest BCUT2D eigenvalue weighted by molar-refractivity contribution is 0.102. The summed E-state index contributed by atoms with van der Waals surface area (Å²) in [5.41, 5.74) is 2.36. The van der Waals surface area contributed by atoms with Gasteiger partial charge >= 0.3 is 6.03 Å². The minimum absolute atomic E-state index is 0.00586. The summed E-state index contributed by atoms with van der Waals surface area (Å²) in [6, 6.07) is 9.33. The number of rotatable bonds is 5. The van der Waals surface area contributed by atoms with Gasteiger partial charge in [-0.25, -0.2) is 9.78 Å². The highest BCUT2D eigenvalue weighted by Crippen LogP contribution is 2.42. The summed E-state index contributed by atoms with van der Waals surface area (Å²) < 4.78 is 1.37. The molecule has 1 aromatic carbocycles. The molecule has 1 saturated carbocycles. The van der Waals surface area contributed by atoms with E-state index < -0.39 is 5.91 Å². The molecule has 31 heavy (non-hydrogen) atoms. The second-order valence-electron chi connectivity index (χ2n) is 7.77. The Balaban J connectivity index is 1.65. The molecule has 0 aliphatic heterocycles. The van der Waals surface area contributed by atoms with Crippen LogP contribution in [0.4, 0.5) is 10.5 Å². The van der Waals surface area contributed by atoms with Crippen LogP contribution >= 0.6 is 11.6 Å². The average Bonchev–Trinajstić information content (AvgIpc) is 3.47. The predicted molar refractivity (Wildman–Crippen MR) is 118 cm³/mol. The third-order valence-electron chi connectivity index (χ3n) is 4.87. The number of amides is 2. The fraction of sp³-hybridized carbons (Fsp3) is 0.273. The zero-order valence-electron chi connectivity index (χ0n) is 17.1. The van der Waals surface area contributed by atoms with Gasteiger partial charge in [0.15, 0.2) is 0 Å². The number of benzene rings is 1. The van der Waals surface area contributed by atoms with Gasteiger partial charge in [0.05, 0.1) is 17.0 Å². The first-order valence-electron chi connectivity index (χ1n) is 9.99. The maximum Gasteiger partial charge on any atom is 0.342 e. The van der Waals surface area contributed by atoms with E-state index in [4.69, 9.17) is 11.6 Å². The first-order valence-corrected chi connectivity index (χ1v) is 10.4. The van der Waals surface area contributed by atoms with Gasteiger partial charge in [0, 0.05) is 29.4 Å². The van der Waals surface area contributed by atoms with Crippen molar-refractivity contribution in [3.63, 3.8) is 0 Å². The molecule has 3 aromatic rings. The Hall–Kier alpha value is -3.39. The van der Waals surface area contributed by atoms with E-state index in [9.17, 15) is 14.7 Å². The van der Waals surface area contributed by atoms with Gasteiger partial charge in [0.25, 0.3) is 5.91 Å². The Morgan fingerprint density at radius 2 is 2.00 bits per heavy atom. The molecule has 4 rings (SSSR count). The van der Waals surface area contributed by atoms with Crippen LogP contribution < -0.4 is 10.6 Å². The van der Waals surface area contributed by atoms with Gasteiger partial charge in [-0.15, -0.1) is 0 Å². The molecular weight excluding hydrogens is 418 g/mol. The molecule has 3 N–H and O–H groups in total. The van der Waals surface area contributed by atoms with Gasteiger partial charge in [-0.05, 0) is 63.1 Å². The number of nitrogens with zero attached hydrogens (tertiary/aromatic N) is 3. The molecule has 9 heteroatoms. The number of carbonyl (C=O) groups excluding carboxylic acids is 2. The maximum atomic E-state index is 12.6. The molecule has 2 heterocycles. The average molecular weight is 440 g/mol. The van der Waals surface area contributed by atoms with E-state index in [-0.39, 0.29) is 34.5 Å². The first kappa shape index (κ1) is 20.9. The summed E-state index contributed by atoms with van der Waals surface area (Å²) in [6.45, 7) is 3.76.